The summed E-state index contributed by atoms with van der Waals surface area (Å²) in [7, 11) is 0. The quantitative estimate of drug-likeness (QED) is 0.938. The number of halogens is 3. The van der Waals surface area contributed by atoms with Crippen molar-refractivity contribution in [2.24, 2.45) is 5.73 Å². The number of primary amides is 1. The van der Waals surface area contributed by atoms with E-state index in [2.05, 4.69) is 9.97 Å². The lowest BCUT2D eigenvalue weighted by Crippen LogP contribution is -2.22. The third-order valence-corrected chi connectivity index (χ3v) is 2.49. The van der Waals surface area contributed by atoms with Gasteiger partial charge in [0, 0.05) is 29.7 Å². The second kappa shape index (κ2) is 5.78. The van der Waals surface area contributed by atoms with Gasteiger partial charge in [-0.05, 0) is 12.1 Å². The maximum atomic E-state index is 12.3. The molecule has 0 aliphatic rings. The Bertz CT molecular complexity index is 645. The molecule has 0 saturated carbocycles. The first-order valence-corrected chi connectivity index (χ1v) is 5.77. The fourth-order valence-corrected chi connectivity index (χ4v) is 1.67. The number of carbonyl (C=O) groups is 1. The normalized spacial score (nSPS) is 11.2. The number of rotatable bonds is 4. The Kier molecular flexibility index (Phi) is 4.06. The van der Waals surface area contributed by atoms with Crippen LogP contribution in [0.2, 0.25) is 0 Å². The first-order valence-electron chi connectivity index (χ1n) is 5.77. The van der Waals surface area contributed by atoms with Crippen LogP contribution in [0.3, 0.4) is 0 Å². The number of aromatic nitrogens is 2. The predicted molar refractivity (Wildman–Crippen MR) is 67.5 cm³/mol. The van der Waals surface area contributed by atoms with Gasteiger partial charge in [0.25, 0.3) is 5.91 Å². The van der Waals surface area contributed by atoms with Gasteiger partial charge in [-0.25, -0.2) is 4.98 Å². The molecule has 110 valence electrons. The van der Waals surface area contributed by atoms with Crippen molar-refractivity contribution in [2.75, 3.05) is 6.61 Å². The Balaban J connectivity index is 2.49. The number of hydrogen-bond donors (Lipinski definition) is 1. The zero-order valence-electron chi connectivity index (χ0n) is 10.6. The van der Waals surface area contributed by atoms with E-state index in [9.17, 15) is 18.0 Å². The Morgan fingerprint density at radius 3 is 2.62 bits per heavy atom. The highest BCUT2D eigenvalue weighted by Crippen LogP contribution is 2.32. The summed E-state index contributed by atoms with van der Waals surface area (Å²) in [5.41, 5.74) is 5.51. The number of carbonyl (C=O) groups excluding carboxylic acids is 1. The minimum Gasteiger partial charge on any atom is -0.481 e. The van der Waals surface area contributed by atoms with Crippen molar-refractivity contribution in [1.29, 1.82) is 0 Å². The average molecular weight is 297 g/mol. The van der Waals surface area contributed by atoms with Crippen molar-refractivity contribution in [2.45, 2.75) is 6.18 Å². The summed E-state index contributed by atoms with van der Waals surface area (Å²) in [6, 6.07) is 4.65. The summed E-state index contributed by atoms with van der Waals surface area (Å²) >= 11 is 0. The van der Waals surface area contributed by atoms with Gasteiger partial charge in [0.05, 0.1) is 0 Å². The molecule has 0 spiro atoms. The maximum Gasteiger partial charge on any atom is 0.422 e. The van der Waals surface area contributed by atoms with Gasteiger partial charge in [0.15, 0.2) is 18.1 Å². The number of amides is 1. The fraction of sp³-hybridized carbons (Fsp3) is 0.154. The molecule has 0 unspecified atom stereocenters. The van der Waals surface area contributed by atoms with Crippen LogP contribution in [0, 0.1) is 0 Å². The van der Waals surface area contributed by atoms with Crippen LogP contribution in [0.4, 0.5) is 13.2 Å². The largest absolute Gasteiger partial charge is 0.481 e. The second-order valence-electron chi connectivity index (χ2n) is 4.05. The van der Waals surface area contributed by atoms with Crippen LogP contribution in [-0.4, -0.2) is 28.7 Å². The predicted octanol–water partition coefficient (Wildman–Crippen LogP) is 2.18. The molecule has 21 heavy (non-hydrogen) atoms. The monoisotopic (exact) mass is 297 g/mol. The topological polar surface area (TPSA) is 78.1 Å². The molecule has 0 fully saturated rings. The van der Waals surface area contributed by atoms with Crippen molar-refractivity contribution < 1.29 is 22.7 Å². The van der Waals surface area contributed by atoms with E-state index in [4.69, 9.17) is 10.5 Å². The number of nitrogens with zero attached hydrogens (tertiary/aromatic N) is 2. The molecule has 0 aromatic carbocycles. The minimum atomic E-state index is -4.54. The summed E-state index contributed by atoms with van der Waals surface area (Å²) < 4.78 is 41.7. The lowest BCUT2D eigenvalue weighted by Gasteiger charge is -2.15. The highest BCUT2D eigenvalue weighted by Gasteiger charge is 2.30. The van der Waals surface area contributed by atoms with E-state index in [1.807, 2.05) is 0 Å². The van der Waals surface area contributed by atoms with E-state index in [1.165, 1.54) is 24.7 Å². The molecule has 0 aliphatic heterocycles. The van der Waals surface area contributed by atoms with Crippen LogP contribution in [0.5, 0.6) is 5.75 Å². The lowest BCUT2D eigenvalue weighted by atomic mass is 10.1. The van der Waals surface area contributed by atoms with Gasteiger partial charge in [0.1, 0.15) is 0 Å². The summed E-state index contributed by atoms with van der Waals surface area (Å²) in [5.74, 6) is -1.28. The van der Waals surface area contributed by atoms with Gasteiger partial charge >= 0.3 is 6.18 Å². The summed E-state index contributed by atoms with van der Waals surface area (Å²) in [6.07, 6.45) is -0.337. The average Bonchev–Trinajstić information content (AvgIpc) is 2.44. The Hall–Kier alpha value is -2.64. The van der Waals surface area contributed by atoms with E-state index in [1.54, 1.807) is 12.1 Å². The van der Waals surface area contributed by atoms with E-state index in [0.717, 1.165) is 0 Å². The molecule has 2 heterocycles. The maximum absolute atomic E-state index is 12.3. The lowest BCUT2D eigenvalue weighted by molar-refractivity contribution is -0.153. The van der Waals surface area contributed by atoms with Gasteiger partial charge < -0.3 is 10.5 Å². The molecule has 2 aromatic heterocycles. The van der Waals surface area contributed by atoms with Crippen molar-refractivity contribution >= 4 is 5.91 Å². The number of nitrogens with two attached hydrogens (primary N) is 1. The molecular weight excluding hydrogens is 287 g/mol. The highest BCUT2D eigenvalue weighted by atomic mass is 19.4. The summed E-state index contributed by atoms with van der Waals surface area (Å²) in [6.45, 7) is -1.55. The Morgan fingerprint density at radius 1 is 1.29 bits per heavy atom. The Morgan fingerprint density at radius 2 is 2.05 bits per heavy atom. The first-order chi connectivity index (χ1) is 9.88. The summed E-state index contributed by atoms with van der Waals surface area (Å²) in [5, 5.41) is 0. The zero-order chi connectivity index (χ0) is 15.5. The van der Waals surface area contributed by atoms with Crippen LogP contribution >= 0.6 is 0 Å². The van der Waals surface area contributed by atoms with E-state index in [0.29, 0.717) is 5.56 Å². The molecule has 2 rings (SSSR count). The van der Waals surface area contributed by atoms with Crippen LogP contribution in [0.15, 0.2) is 36.8 Å². The van der Waals surface area contributed by atoms with Crippen LogP contribution in [-0.2, 0) is 0 Å². The first kappa shape index (κ1) is 14.8. The Labute approximate surface area is 117 Å². The molecular formula is C13H10F3N3O2. The van der Waals surface area contributed by atoms with Crippen LogP contribution < -0.4 is 10.5 Å². The standard InChI is InChI=1S/C13H10F3N3O2/c14-13(15,16)7-21-11-9(8-2-1-4-18-6-8)3-5-19-10(11)12(17)20/h1-6H,7H2,(H2,17,20). The van der Waals surface area contributed by atoms with Gasteiger partial charge in [-0.2, -0.15) is 13.2 Å². The molecule has 0 atom stereocenters. The molecule has 5 nitrogen and oxygen atoms in total. The number of alkyl halides is 3. The van der Waals surface area contributed by atoms with Crippen LogP contribution in [0.1, 0.15) is 10.5 Å². The minimum absolute atomic E-state index is 0.260. The highest BCUT2D eigenvalue weighted by molar-refractivity contribution is 5.96. The van der Waals surface area contributed by atoms with Crippen molar-refractivity contribution in [1.82, 2.24) is 9.97 Å². The third kappa shape index (κ3) is 3.68. The van der Waals surface area contributed by atoms with Crippen molar-refractivity contribution in [3.63, 3.8) is 0 Å². The molecule has 0 radical (unpaired) electrons. The molecule has 0 aliphatic carbocycles. The third-order valence-electron chi connectivity index (χ3n) is 2.49. The SMILES string of the molecule is NC(=O)c1nccc(-c2cccnc2)c1OCC(F)(F)F. The fourth-order valence-electron chi connectivity index (χ4n) is 1.67. The molecule has 2 N–H and O–H groups in total. The number of hydrogen-bond acceptors (Lipinski definition) is 4. The number of ether oxygens (including phenoxy) is 1. The van der Waals surface area contributed by atoms with Crippen LogP contribution in [0.25, 0.3) is 11.1 Å². The van der Waals surface area contributed by atoms with Crippen molar-refractivity contribution in [3.05, 3.63) is 42.5 Å². The van der Waals surface area contributed by atoms with E-state index >= 15 is 0 Å². The molecule has 0 bridgehead atoms. The zero-order valence-corrected chi connectivity index (χ0v) is 10.6. The molecule has 1 amide bonds. The smallest absolute Gasteiger partial charge is 0.422 e. The van der Waals surface area contributed by atoms with Gasteiger partial charge in [-0.1, -0.05) is 6.07 Å². The molecule has 8 heteroatoms. The van der Waals surface area contributed by atoms with Gasteiger partial charge in [0.2, 0.25) is 0 Å². The van der Waals surface area contributed by atoms with E-state index in [-0.39, 0.29) is 17.0 Å². The van der Waals surface area contributed by atoms with E-state index < -0.39 is 18.7 Å². The molecule has 0 saturated heterocycles. The van der Waals surface area contributed by atoms with Gasteiger partial charge in [-0.3, -0.25) is 9.78 Å². The molecule has 2 aromatic rings. The van der Waals surface area contributed by atoms with Gasteiger partial charge in [-0.15, -0.1) is 0 Å². The number of pyridine rings is 2. The second-order valence-corrected chi connectivity index (χ2v) is 4.05. The summed E-state index contributed by atoms with van der Waals surface area (Å²) in [4.78, 5) is 18.9. The van der Waals surface area contributed by atoms with Crippen molar-refractivity contribution in [3.8, 4) is 16.9 Å².